The molecule has 0 bridgehead atoms. The number of rotatable bonds is 6. The van der Waals surface area contributed by atoms with Gasteiger partial charge in [-0.3, -0.25) is 29.0 Å². The normalized spacial score (nSPS) is 31.4. The standard InChI is InChI=1S/C29H37N5O9S/c1-11-12-4-5-13(32-28(42)14(10-44)34-8-6-31-7-9-34)21(35)16(12)22(36)17-15(11)23(37)19-20(33(2)3)24(38)18(27(30)41)26(40)29(19,43)25(17)39/h4-5,11,14-15,19-20,23,31,35-37,40,43-44H,6-10H2,1-3H3,(H2,30,41)(H,32,42)/t11?,14?,15?,19?,20-,23?,29-/m0/s1. The first kappa shape index (κ1) is 31.9. The van der Waals surface area contributed by atoms with E-state index >= 15 is 0 Å². The van der Waals surface area contributed by atoms with Crippen molar-refractivity contribution in [3.63, 3.8) is 0 Å². The lowest BCUT2D eigenvalue weighted by atomic mass is 9.54. The number of carbonyl (C=O) groups excluding carboxylic acids is 4. The van der Waals surface area contributed by atoms with Crippen molar-refractivity contribution in [1.29, 1.82) is 0 Å². The van der Waals surface area contributed by atoms with Gasteiger partial charge in [-0.15, -0.1) is 0 Å². The van der Waals surface area contributed by atoms with Crippen molar-refractivity contribution in [3.8, 4) is 5.75 Å². The third kappa shape index (κ3) is 4.52. The number of nitrogens with zero attached hydrogens (tertiary/aromatic N) is 2. The van der Waals surface area contributed by atoms with Crippen LogP contribution in [0.25, 0.3) is 5.76 Å². The van der Waals surface area contributed by atoms with Gasteiger partial charge in [0.15, 0.2) is 11.4 Å². The van der Waals surface area contributed by atoms with Crippen molar-refractivity contribution in [2.24, 2.45) is 17.6 Å². The van der Waals surface area contributed by atoms with Crippen molar-refractivity contribution in [1.82, 2.24) is 15.1 Å². The molecular weight excluding hydrogens is 594 g/mol. The molecule has 2 fully saturated rings. The third-order valence-corrected chi connectivity index (χ3v) is 9.80. The Morgan fingerprint density at radius 1 is 1.20 bits per heavy atom. The zero-order valence-corrected chi connectivity index (χ0v) is 25.3. The van der Waals surface area contributed by atoms with Gasteiger partial charge in [0.25, 0.3) is 5.91 Å². The fourth-order valence-electron chi connectivity index (χ4n) is 7.29. The highest BCUT2D eigenvalue weighted by Crippen LogP contribution is 2.56. The fourth-order valence-corrected chi connectivity index (χ4v) is 7.69. The van der Waals surface area contributed by atoms with Gasteiger partial charge in [-0.25, -0.2) is 0 Å². The second-order valence-corrected chi connectivity index (χ2v) is 12.3. The van der Waals surface area contributed by atoms with Gasteiger partial charge in [0.05, 0.1) is 35.4 Å². The number of aliphatic hydroxyl groups excluding tert-OH is 3. The Hall–Kier alpha value is -3.47. The number of benzene rings is 1. The summed E-state index contributed by atoms with van der Waals surface area (Å²) in [4.78, 5) is 56.1. The largest absolute Gasteiger partial charge is 0.508 e. The van der Waals surface area contributed by atoms with Crippen LogP contribution in [0.4, 0.5) is 5.69 Å². The molecule has 5 rings (SSSR count). The summed E-state index contributed by atoms with van der Waals surface area (Å²) in [5.41, 5.74) is 0.926. The Morgan fingerprint density at radius 3 is 2.41 bits per heavy atom. The molecular formula is C29H37N5O9S. The Balaban J connectivity index is 1.62. The molecule has 238 valence electrons. The van der Waals surface area contributed by atoms with Crippen molar-refractivity contribution >= 4 is 47.5 Å². The summed E-state index contributed by atoms with van der Waals surface area (Å²) in [5.74, 6) is -10.1. The van der Waals surface area contributed by atoms with E-state index in [2.05, 4.69) is 23.3 Å². The third-order valence-electron chi connectivity index (χ3n) is 9.46. The summed E-state index contributed by atoms with van der Waals surface area (Å²) >= 11 is 4.33. The predicted octanol–water partition coefficient (Wildman–Crippen LogP) is -1.36. The van der Waals surface area contributed by atoms with Crippen LogP contribution in [-0.2, 0) is 19.2 Å². The van der Waals surface area contributed by atoms with Gasteiger partial charge in [-0.1, -0.05) is 13.0 Å². The number of phenols is 1. The number of fused-ring (bicyclic) bond motifs is 3. The number of carbonyl (C=O) groups is 4. The zero-order valence-electron chi connectivity index (χ0n) is 24.4. The van der Waals surface area contributed by atoms with Crippen LogP contribution in [0.2, 0.25) is 0 Å². The number of nitrogens with one attached hydrogen (secondary N) is 2. The number of thiol groups is 1. The highest BCUT2D eigenvalue weighted by atomic mass is 32.1. The Labute approximate surface area is 258 Å². The number of ketones is 2. The molecule has 9 N–H and O–H groups in total. The number of aromatic hydroxyl groups is 1. The molecule has 1 aliphatic heterocycles. The topological polar surface area (TPSA) is 226 Å². The molecule has 1 saturated carbocycles. The number of phenolic OH excluding ortho intramolecular Hbond substituents is 1. The van der Waals surface area contributed by atoms with Crippen LogP contribution < -0.4 is 16.4 Å². The first-order valence-electron chi connectivity index (χ1n) is 14.2. The van der Waals surface area contributed by atoms with E-state index in [1.54, 1.807) is 13.0 Å². The summed E-state index contributed by atoms with van der Waals surface area (Å²) in [6.07, 6.45) is -1.69. The number of likely N-dealkylation sites (N-methyl/N-ethyl adjacent to an activating group) is 1. The van der Waals surface area contributed by atoms with Gasteiger partial charge in [-0.2, -0.15) is 12.6 Å². The Bertz CT molecular complexity index is 1500. The van der Waals surface area contributed by atoms with E-state index < -0.39 is 93.3 Å². The molecule has 5 unspecified atom stereocenters. The predicted molar refractivity (Wildman–Crippen MR) is 161 cm³/mol. The number of Topliss-reactive ketones (excluding diaryl/α,β-unsaturated/α-hetero) is 2. The SMILES string of the molecule is CC1c2ccc(NC(=O)C(CS)N3CCNCC3)c(O)c2C(O)=C2C(=O)[C@]3(O)C(O)=C(C(N)=O)C(=O)[C@@H](N(C)C)C3C(O)C21. The van der Waals surface area contributed by atoms with Crippen LogP contribution in [0.3, 0.4) is 0 Å². The van der Waals surface area contributed by atoms with Crippen LogP contribution in [-0.4, -0.2) is 129 Å². The molecule has 15 heteroatoms. The van der Waals surface area contributed by atoms with Crippen LogP contribution in [0, 0.1) is 11.8 Å². The maximum atomic E-state index is 14.1. The fraction of sp³-hybridized carbons (Fsp3) is 0.517. The number of piperazine rings is 1. The average Bonchev–Trinajstić information content (AvgIpc) is 2.96. The maximum Gasteiger partial charge on any atom is 0.255 e. The zero-order chi connectivity index (χ0) is 32.4. The van der Waals surface area contributed by atoms with Crippen LogP contribution in [0.5, 0.6) is 5.75 Å². The van der Waals surface area contributed by atoms with Gasteiger partial charge in [0.2, 0.25) is 11.7 Å². The van der Waals surface area contributed by atoms with E-state index in [1.807, 2.05) is 4.90 Å². The Kier molecular flexibility index (Phi) is 8.33. The molecule has 4 aliphatic rings. The molecule has 1 aromatic carbocycles. The van der Waals surface area contributed by atoms with Crippen LogP contribution in [0.1, 0.15) is 24.0 Å². The number of anilines is 1. The quantitative estimate of drug-likeness (QED) is 0.101. The van der Waals surface area contributed by atoms with Crippen molar-refractivity contribution in [2.45, 2.75) is 36.6 Å². The first-order valence-corrected chi connectivity index (χ1v) is 14.9. The molecule has 1 aromatic rings. The van der Waals surface area contributed by atoms with Crippen LogP contribution in [0.15, 0.2) is 29.0 Å². The minimum absolute atomic E-state index is 0.0523. The second kappa shape index (κ2) is 11.5. The number of primary amides is 1. The summed E-state index contributed by atoms with van der Waals surface area (Å²) in [6.45, 7) is 4.27. The lowest BCUT2D eigenvalue weighted by Gasteiger charge is -2.53. The lowest BCUT2D eigenvalue weighted by molar-refractivity contribution is -0.169. The maximum absolute atomic E-state index is 14.1. The molecule has 2 amide bonds. The Morgan fingerprint density at radius 2 is 1.84 bits per heavy atom. The van der Waals surface area contributed by atoms with E-state index in [9.17, 15) is 44.7 Å². The first-order chi connectivity index (χ1) is 20.7. The summed E-state index contributed by atoms with van der Waals surface area (Å²) < 4.78 is 0. The number of amides is 2. The van der Waals surface area contributed by atoms with Gasteiger partial charge in [0.1, 0.15) is 22.8 Å². The highest BCUT2D eigenvalue weighted by Gasteiger charge is 2.68. The number of hydrogen-bond donors (Lipinski definition) is 9. The van der Waals surface area contributed by atoms with Crippen LogP contribution >= 0.6 is 12.6 Å². The molecule has 0 spiro atoms. The molecule has 1 heterocycles. The number of nitrogens with two attached hydrogens (primary N) is 1. The highest BCUT2D eigenvalue weighted by molar-refractivity contribution is 7.80. The van der Waals surface area contributed by atoms with Crippen molar-refractivity contribution in [3.05, 3.63) is 40.2 Å². The van der Waals surface area contributed by atoms with E-state index in [0.717, 1.165) is 0 Å². The molecule has 1 saturated heterocycles. The number of aliphatic hydroxyl groups is 4. The van der Waals surface area contributed by atoms with Crippen molar-refractivity contribution in [2.75, 3.05) is 51.3 Å². The monoisotopic (exact) mass is 631 g/mol. The van der Waals surface area contributed by atoms with Gasteiger partial charge >= 0.3 is 0 Å². The van der Waals surface area contributed by atoms with Crippen molar-refractivity contribution < 1.29 is 44.7 Å². The molecule has 44 heavy (non-hydrogen) atoms. The average molecular weight is 632 g/mol. The molecule has 3 aliphatic carbocycles. The molecule has 14 nitrogen and oxygen atoms in total. The van der Waals surface area contributed by atoms with Gasteiger partial charge in [-0.05, 0) is 31.6 Å². The second-order valence-electron chi connectivity index (χ2n) is 11.9. The van der Waals surface area contributed by atoms with E-state index in [0.29, 0.717) is 31.7 Å². The number of hydrogen-bond acceptors (Lipinski definition) is 13. The van der Waals surface area contributed by atoms with E-state index in [-0.39, 0.29) is 17.0 Å². The van der Waals surface area contributed by atoms with E-state index in [4.69, 9.17) is 5.73 Å². The summed E-state index contributed by atoms with van der Waals surface area (Å²) in [5, 5.41) is 63.3. The molecule has 7 atom stereocenters. The minimum Gasteiger partial charge on any atom is -0.508 e. The summed E-state index contributed by atoms with van der Waals surface area (Å²) in [7, 11) is 2.88. The summed E-state index contributed by atoms with van der Waals surface area (Å²) in [6, 6.07) is 0.942. The van der Waals surface area contributed by atoms with E-state index in [1.165, 1.54) is 25.1 Å². The van der Waals surface area contributed by atoms with Gasteiger partial charge < -0.3 is 41.9 Å². The lowest BCUT2D eigenvalue weighted by Crippen LogP contribution is -2.70. The van der Waals surface area contributed by atoms with Gasteiger partial charge in [0, 0.05) is 43.4 Å². The molecule has 0 radical (unpaired) electrons. The smallest absolute Gasteiger partial charge is 0.255 e. The minimum atomic E-state index is -3.01. The molecule has 0 aromatic heterocycles.